The predicted molar refractivity (Wildman–Crippen MR) is 79.4 cm³/mol. The molecule has 0 aliphatic carbocycles. The highest BCUT2D eigenvalue weighted by molar-refractivity contribution is 7.12. The third-order valence-corrected chi connectivity index (χ3v) is 3.83. The summed E-state index contributed by atoms with van der Waals surface area (Å²) in [6.07, 6.45) is -0.241. The average Bonchev–Trinajstić information content (AvgIpc) is 3.02. The van der Waals surface area contributed by atoms with Crippen molar-refractivity contribution in [2.24, 2.45) is 0 Å². The molecule has 2 aromatic rings. The minimum Gasteiger partial charge on any atom is -0.496 e. The van der Waals surface area contributed by atoms with E-state index in [1.54, 1.807) is 20.3 Å². The van der Waals surface area contributed by atoms with E-state index < -0.39 is 0 Å². The van der Waals surface area contributed by atoms with Gasteiger partial charge in [-0.25, -0.2) is 0 Å². The van der Waals surface area contributed by atoms with E-state index in [2.05, 4.69) is 5.32 Å². The van der Waals surface area contributed by atoms with E-state index in [-0.39, 0.29) is 12.0 Å². The van der Waals surface area contributed by atoms with E-state index in [9.17, 15) is 4.79 Å². The van der Waals surface area contributed by atoms with Crippen molar-refractivity contribution in [3.8, 4) is 5.75 Å². The third-order valence-electron chi connectivity index (χ3n) is 2.96. The fourth-order valence-electron chi connectivity index (χ4n) is 1.93. The van der Waals surface area contributed by atoms with Crippen LogP contribution in [-0.2, 0) is 4.74 Å². The number of benzene rings is 1. The minimum absolute atomic E-state index is 0.0862. The van der Waals surface area contributed by atoms with Gasteiger partial charge in [-0.05, 0) is 17.5 Å². The molecule has 0 saturated heterocycles. The highest BCUT2D eigenvalue weighted by atomic mass is 32.1. The van der Waals surface area contributed by atoms with Crippen molar-refractivity contribution in [1.29, 1.82) is 0 Å². The van der Waals surface area contributed by atoms with E-state index in [1.165, 1.54) is 11.3 Å². The Bertz CT molecular complexity index is 554. The molecule has 1 atom stereocenters. The summed E-state index contributed by atoms with van der Waals surface area (Å²) >= 11 is 1.42. The molecule has 2 rings (SSSR count). The van der Waals surface area contributed by atoms with Crippen molar-refractivity contribution < 1.29 is 14.3 Å². The zero-order chi connectivity index (χ0) is 14.4. The number of nitrogens with one attached hydrogen (secondary N) is 1. The number of carbonyl (C=O) groups excluding carboxylic acids is 1. The molecule has 1 aromatic heterocycles. The fourth-order valence-corrected chi connectivity index (χ4v) is 2.57. The van der Waals surface area contributed by atoms with Crippen molar-refractivity contribution in [2.45, 2.75) is 6.10 Å². The summed E-state index contributed by atoms with van der Waals surface area (Å²) in [6, 6.07) is 11.3. The summed E-state index contributed by atoms with van der Waals surface area (Å²) in [5.41, 5.74) is 0.920. The van der Waals surface area contributed by atoms with Gasteiger partial charge in [0.2, 0.25) is 0 Å². The predicted octanol–water partition coefficient (Wildman–Crippen LogP) is 2.87. The van der Waals surface area contributed by atoms with Gasteiger partial charge in [0.25, 0.3) is 5.91 Å². The van der Waals surface area contributed by atoms with E-state index in [0.29, 0.717) is 11.4 Å². The van der Waals surface area contributed by atoms with Crippen LogP contribution in [0.3, 0.4) is 0 Å². The number of hydrogen-bond donors (Lipinski definition) is 1. The molecule has 0 spiro atoms. The van der Waals surface area contributed by atoms with Gasteiger partial charge in [-0.3, -0.25) is 4.79 Å². The quantitative estimate of drug-likeness (QED) is 0.890. The van der Waals surface area contributed by atoms with Crippen LogP contribution in [0.15, 0.2) is 41.8 Å². The summed E-state index contributed by atoms with van der Waals surface area (Å²) in [4.78, 5) is 12.6. The van der Waals surface area contributed by atoms with E-state index in [1.807, 2.05) is 35.7 Å². The van der Waals surface area contributed by atoms with Crippen LogP contribution in [-0.4, -0.2) is 26.7 Å². The molecule has 20 heavy (non-hydrogen) atoms. The molecule has 106 valence electrons. The lowest BCUT2D eigenvalue weighted by molar-refractivity contribution is 0.0822. The Hall–Kier alpha value is -1.85. The smallest absolute Gasteiger partial charge is 0.261 e. The zero-order valence-electron chi connectivity index (χ0n) is 11.5. The lowest BCUT2D eigenvalue weighted by Crippen LogP contribution is -2.28. The Labute approximate surface area is 122 Å². The zero-order valence-corrected chi connectivity index (χ0v) is 12.3. The number of hydrogen-bond acceptors (Lipinski definition) is 4. The number of thiophene rings is 1. The SMILES string of the molecule is COc1ccccc1[C@H](CNC(=O)c1cccs1)OC. The van der Waals surface area contributed by atoms with Crippen molar-refractivity contribution in [3.63, 3.8) is 0 Å². The van der Waals surface area contributed by atoms with Crippen LogP contribution < -0.4 is 10.1 Å². The maximum absolute atomic E-state index is 11.9. The van der Waals surface area contributed by atoms with E-state index in [4.69, 9.17) is 9.47 Å². The maximum Gasteiger partial charge on any atom is 0.261 e. The van der Waals surface area contributed by atoms with Gasteiger partial charge in [-0.15, -0.1) is 11.3 Å². The summed E-state index contributed by atoms with van der Waals surface area (Å²) in [5, 5.41) is 4.75. The van der Waals surface area contributed by atoms with Gasteiger partial charge in [-0.1, -0.05) is 24.3 Å². The van der Waals surface area contributed by atoms with Gasteiger partial charge >= 0.3 is 0 Å². The molecule has 0 unspecified atom stereocenters. The normalized spacial score (nSPS) is 11.9. The van der Waals surface area contributed by atoms with Crippen molar-refractivity contribution in [3.05, 3.63) is 52.2 Å². The van der Waals surface area contributed by atoms with Crippen LogP contribution in [0.4, 0.5) is 0 Å². The third kappa shape index (κ3) is 3.37. The Balaban J connectivity index is 2.04. The number of carbonyl (C=O) groups is 1. The first-order valence-electron chi connectivity index (χ1n) is 6.23. The first-order valence-corrected chi connectivity index (χ1v) is 7.11. The van der Waals surface area contributed by atoms with Gasteiger partial charge in [0.15, 0.2) is 0 Å². The molecule has 0 aliphatic rings. The first-order chi connectivity index (χ1) is 9.76. The molecule has 1 amide bonds. The van der Waals surface area contributed by atoms with Gasteiger partial charge < -0.3 is 14.8 Å². The Kier molecular flexibility index (Phi) is 5.15. The largest absolute Gasteiger partial charge is 0.496 e. The first kappa shape index (κ1) is 14.6. The molecule has 0 saturated carbocycles. The van der Waals surface area contributed by atoms with Gasteiger partial charge in [0.05, 0.1) is 12.0 Å². The number of para-hydroxylation sites is 1. The number of amides is 1. The standard InChI is InChI=1S/C15H17NO3S/c1-18-12-7-4-3-6-11(12)13(19-2)10-16-15(17)14-8-5-9-20-14/h3-9,13H,10H2,1-2H3,(H,16,17)/t13-/m0/s1. The minimum atomic E-state index is -0.241. The molecular formula is C15H17NO3S. The molecule has 0 fully saturated rings. The fraction of sp³-hybridized carbons (Fsp3) is 0.267. The molecule has 0 aliphatic heterocycles. The number of rotatable bonds is 6. The van der Waals surface area contributed by atoms with Crippen LogP contribution in [0.1, 0.15) is 21.3 Å². The molecular weight excluding hydrogens is 274 g/mol. The van der Waals surface area contributed by atoms with Crippen molar-refractivity contribution >= 4 is 17.2 Å². The molecule has 1 heterocycles. The van der Waals surface area contributed by atoms with Crippen LogP contribution in [0, 0.1) is 0 Å². The van der Waals surface area contributed by atoms with Crippen LogP contribution >= 0.6 is 11.3 Å². The highest BCUT2D eigenvalue weighted by Gasteiger charge is 2.16. The van der Waals surface area contributed by atoms with Crippen LogP contribution in [0.2, 0.25) is 0 Å². The molecule has 0 bridgehead atoms. The molecule has 0 radical (unpaired) electrons. The second kappa shape index (κ2) is 7.07. The maximum atomic E-state index is 11.9. The average molecular weight is 291 g/mol. The van der Waals surface area contributed by atoms with Gasteiger partial charge in [0.1, 0.15) is 11.9 Å². The Morgan fingerprint density at radius 1 is 1.25 bits per heavy atom. The van der Waals surface area contributed by atoms with Crippen LogP contribution in [0.5, 0.6) is 5.75 Å². The number of ether oxygens (including phenoxy) is 2. The van der Waals surface area contributed by atoms with Gasteiger partial charge in [0, 0.05) is 19.2 Å². The summed E-state index contributed by atoms with van der Waals surface area (Å²) in [7, 11) is 3.24. The van der Waals surface area contributed by atoms with Crippen molar-refractivity contribution in [1.82, 2.24) is 5.32 Å². The summed E-state index contributed by atoms with van der Waals surface area (Å²) < 4.78 is 10.8. The summed E-state index contributed by atoms with van der Waals surface area (Å²) in [5.74, 6) is 0.668. The van der Waals surface area contributed by atoms with E-state index >= 15 is 0 Å². The highest BCUT2D eigenvalue weighted by Crippen LogP contribution is 2.26. The Morgan fingerprint density at radius 2 is 2.05 bits per heavy atom. The lowest BCUT2D eigenvalue weighted by Gasteiger charge is -2.18. The van der Waals surface area contributed by atoms with Gasteiger partial charge in [-0.2, -0.15) is 0 Å². The Morgan fingerprint density at radius 3 is 2.70 bits per heavy atom. The monoisotopic (exact) mass is 291 g/mol. The lowest BCUT2D eigenvalue weighted by atomic mass is 10.1. The van der Waals surface area contributed by atoms with Crippen LogP contribution in [0.25, 0.3) is 0 Å². The molecule has 4 nitrogen and oxygen atoms in total. The second-order valence-electron chi connectivity index (χ2n) is 4.15. The molecule has 1 N–H and O–H groups in total. The van der Waals surface area contributed by atoms with E-state index in [0.717, 1.165) is 11.3 Å². The topological polar surface area (TPSA) is 47.6 Å². The molecule has 1 aromatic carbocycles. The second-order valence-corrected chi connectivity index (χ2v) is 5.10. The van der Waals surface area contributed by atoms with Crippen molar-refractivity contribution in [2.75, 3.05) is 20.8 Å². The number of methoxy groups -OCH3 is 2. The molecule has 5 heteroatoms. The summed E-state index contributed by atoms with van der Waals surface area (Å²) in [6.45, 7) is 0.396.